The first-order valence-corrected chi connectivity index (χ1v) is 6.32. The third kappa shape index (κ3) is 2.53. The number of fused-ring (bicyclic) bond motifs is 1. The number of rotatable bonds is 4. The second-order valence-electron chi connectivity index (χ2n) is 4.51. The van der Waals surface area contributed by atoms with Gasteiger partial charge in [0.15, 0.2) is 0 Å². The quantitative estimate of drug-likeness (QED) is 0.584. The van der Waals surface area contributed by atoms with E-state index in [0.717, 1.165) is 11.4 Å². The zero-order chi connectivity index (χ0) is 14.8. The van der Waals surface area contributed by atoms with Crippen LogP contribution in [0, 0.1) is 17.0 Å². The molecule has 0 unspecified atom stereocenters. The normalized spacial score (nSPS) is 10.7. The number of hydrogen-bond acceptors (Lipinski definition) is 6. The highest BCUT2D eigenvalue weighted by atomic mass is 16.6. The SMILES string of the molecule is Cc1cnc(CNc2ccc([N+](=O)[O-])c3ncccc23)o1. The summed E-state index contributed by atoms with van der Waals surface area (Å²) in [7, 11) is 0. The Morgan fingerprint density at radius 3 is 2.90 bits per heavy atom. The Kier molecular flexibility index (Phi) is 3.23. The van der Waals surface area contributed by atoms with Crippen molar-refractivity contribution in [2.45, 2.75) is 13.5 Å². The van der Waals surface area contributed by atoms with Crippen molar-refractivity contribution in [3.8, 4) is 0 Å². The van der Waals surface area contributed by atoms with Gasteiger partial charge in [-0.1, -0.05) is 0 Å². The third-order valence-corrected chi connectivity index (χ3v) is 3.04. The molecule has 0 radical (unpaired) electrons. The van der Waals surface area contributed by atoms with Crippen LogP contribution in [0.3, 0.4) is 0 Å². The van der Waals surface area contributed by atoms with Gasteiger partial charge in [0.05, 0.1) is 17.7 Å². The van der Waals surface area contributed by atoms with Crippen LogP contribution in [-0.2, 0) is 6.54 Å². The number of non-ortho nitro benzene ring substituents is 1. The molecule has 21 heavy (non-hydrogen) atoms. The van der Waals surface area contributed by atoms with Gasteiger partial charge in [-0.2, -0.15) is 0 Å². The average Bonchev–Trinajstić information content (AvgIpc) is 2.90. The van der Waals surface area contributed by atoms with E-state index in [2.05, 4.69) is 15.3 Å². The molecule has 2 heterocycles. The molecular weight excluding hydrogens is 272 g/mol. The number of benzene rings is 1. The predicted molar refractivity (Wildman–Crippen MR) is 77.0 cm³/mol. The number of oxazole rings is 1. The minimum Gasteiger partial charge on any atom is -0.444 e. The van der Waals surface area contributed by atoms with E-state index in [1.54, 1.807) is 24.4 Å². The highest BCUT2D eigenvalue weighted by molar-refractivity contribution is 5.96. The molecule has 0 aliphatic heterocycles. The first-order chi connectivity index (χ1) is 10.1. The van der Waals surface area contributed by atoms with Crippen molar-refractivity contribution < 1.29 is 9.34 Å². The summed E-state index contributed by atoms with van der Waals surface area (Å²) in [6, 6.07) is 6.64. The van der Waals surface area contributed by atoms with Crippen molar-refractivity contribution in [1.29, 1.82) is 0 Å². The van der Waals surface area contributed by atoms with Gasteiger partial charge in [-0.05, 0) is 25.1 Å². The Morgan fingerprint density at radius 1 is 1.33 bits per heavy atom. The summed E-state index contributed by atoms with van der Waals surface area (Å²) in [4.78, 5) is 18.8. The number of hydrogen-bond donors (Lipinski definition) is 1. The van der Waals surface area contributed by atoms with Crippen LogP contribution in [0.2, 0.25) is 0 Å². The Labute approximate surface area is 119 Å². The lowest BCUT2D eigenvalue weighted by Crippen LogP contribution is -2.01. The maximum absolute atomic E-state index is 11.0. The molecule has 0 bridgehead atoms. The standard InChI is InChI=1S/C14H12N4O3/c1-9-7-17-13(21-9)8-16-11-4-5-12(18(19)20)14-10(11)3-2-6-15-14/h2-7,16H,8H2,1H3. The molecule has 7 nitrogen and oxygen atoms in total. The van der Waals surface area contributed by atoms with Crippen LogP contribution in [0.25, 0.3) is 10.9 Å². The molecule has 2 aromatic heterocycles. The van der Waals surface area contributed by atoms with Gasteiger partial charge in [-0.3, -0.25) is 10.1 Å². The smallest absolute Gasteiger partial charge is 0.295 e. The van der Waals surface area contributed by atoms with Gasteiger partial charge in [-0.15, -0.1) is 0 Å². The lowest BCUT2D eigenvalue weighted by Gasteiger charge is -2.08. The van der Waals surface area contributed by atoms with E-state index in [-0.39, 0.29) is 5.69 Å². The molecule has 1 aromatic carbocycles. The summed E-state index contributed by atoms with van der Waals surface area (Å²) in [6.07, 6.45) is 3.18. The first kappa shape index (κ1) is 13.0. The average molecular weight is 284 g/mol. The Hall–Kier alpha value is -2.96. The van der Waals surface area contributed by atoms with Gasteiger partial charge < -0.3 is 9.73 Å². The number of nitro benzene ring substituents is 1. The van der Waals surface area contributed by atoms with Crippen molar-refractivity contribution in [2.75, 3.05) is 5.32 Å². The van der Waals surface area contributed by atoms with Crippen molar-refractivity contribution in [1.82, 2.24) is 9.97 Å². The van der Waals surface area contributed by atoms with E-state index in [0.29, 0.717) is 23.3 Å². The molecule has 0 amide bonds. The Morgan fingerprint density at radius 2 is 2.19 bits per heavy atom. The molecule has 0 saturated heterocycles. The number of nitrogens with zero attached hydrogens (tertiary/aromatic N) is 3. The van der Waals surface area contributed by atoms with Gasteiger partial charge in [0.1, 0.15) is 11.3 Å². The fourth-order valence-electron chi connectivity index (χ4n) is 2.11. The summed E-state index contributed by atoms with van der Waals surface area (Å²) in [5.74, 6) is 1.30. The number of anilines is 1. The summed E-state index contributed by atoms with van der Waals surface area (Å²) < 4.78 is 5.38. The van der Waals surface area contributed by atoms with Crippen molar-refractivity contribution in [3.05, 3.63) is 58.4 Å². The van der Waals surface area contributed by atoms with Gasteiger partial charge in [0, 0.05) is 23.3 Å². The second kappa shape index (κ2) is 5.20. The number of nitrogens with one attached hydrogen (secondary N) is 1. The highest BCUT2D eigenvalue weighted by Crippen LogP contribution is 2.29. The van der Waals surface area contributed by atoms with E-state index in [1.165, 1.54) is 12.3 Å². The fraction of sp³-hybridized carbons (Fsp3) is 0.143. The number of nitro groups is 1. The molecule has 0 spiro atoms. The molecule has 3 aromatic rings. The topological polar surface area (TPSA) is 94.1 Å². The Bertz CT molecular complexity index is 813. The maximum Gasteiger partial charge on any atom is 0.295 e. The van der Waals surface area contributed by atoms with Gasteiger partial charge in [-0.25, -0.2) is 9.97 Å². The van der Waals surface area contributed by atoms with Crippen molar-refractivity contribution >= 4 is 22.3 Å². The molecule has 7 heteroatoms. The second-order valence-corrected chi connectivity index (χ2v) is 4.51. The zero-order valence-corrected chi connectivity index (χ0v) is 11.2. The van der Waals surface area contributed by atoms with Crippen LogP contribution in [-0.4, -0.2) is 14.9 Å². The Balaban J connectivity index is 1.96. The highest BCUT2D eigenvalue weighted by Gasteiger charge is 2.15. The van der Waals surface area contributed by atoms with Crippen molar-refractivity contribution in [2.24, 2.45) is 0 Å². The molecular formula is C14H12N4O3. The van der Waals surface area contributed by atoms with E-state index >= 15 is 0 Å². The van der Waals surface area contributed by atoms with E-state index in [9.17, 15) is 10.1 Å². The first-order valence-electron chi connectivity index (χ1n) is 6.32. The zero-order valence-electron chi connectivity index (χ0n) is 11.2. The summed E-state index contributed by atoms with van der Waals surface area (Å²) in [6.45, 7) is 2.22. The number of pyridine rings is 1. The lowest BCUT2D eigenvalue weighted by atomic mass is 10.1. The predicted octanol–water partition coefficient (Wildman–Crippen LogP) is 3.05. The minimum atomic E-state index is -0.434. The largest absolute Gasteiger partial charge is 0.444 e. The molecule has 3 rings (SSSR count). The number of aromatic nitrogens is 2. The van der Waals surface area contributed by atoms with E-state index in [1.807, 2.05) is 6.92 Å². The molecule has 0 fully saturated rings. The number of aryl methyl sites for hydroxylation is 1. The third-order valence-electron chi connectivity index (χ3n) is 3.04. The molecule has 0 aliphatic rings. The van der Waals surface area contributed by atoms with E-state index in [4.69, 9.17) is 4.42 Å². The summed E-state index contributed by atoms with van der Waals surface area (Å²) in [5, 5.41) is 14.9. The molecule has 106 valence electrons. The van der Waals surface area contributed by atoms with Crippen LogP contribution < -0.4 is 5.32 Å². The van der Waals surface area contributed by atoms with Crippen LogP contribution in [0.1, 0.15) is 11.7 Å². The van der Waals surface area contributed by atoms with Crippen LogP contribution >= 0.6 is 0 Å². The van der Waals surface area contributed by atoms with Crippen LogP contribution in [0.4, 0.5) is 11.4 Å². The van der Waals surface area contributed by atoms with Gasteiger partial charge in [0.2, 0.25) is 5.89 Å². The molecule has 0 aliphatic carbocycles. The van der Waals surface area contributed by atoms with Gasteiger partial charge in [0.25, 0.3) is 5.69 Å². The molecule has 0 atom stereocenters. The van der Waals surface area contributed by atoms with Crippen molar-refractivity contribution in [3.63, 3.8) is 0 Å². The molecule has 1 N–H and O–H groups in total. The fourth-order valence-corrected chi connectivity index (χ4v) is 2.11. The van der Waals surface area contributed by atoms with E-state index < -0.39 is 4.92 Å². The minimum absolute atomic E-state index is 0.0110. The maximum atomic E-state index is 11.0. The van der Waals surface area contributed by atoms with Gasteiger partial charge >= 0.3 is 0 Å². The van der Waals surface area contributed by atoms with Crippen LogP contribution in [0.5, 0.6) is 0 Å². The van der Waals surface area contributed by atoms with Crippen LogP contribution in [0.15, 0.2) is 41.1 Å². The lowest BCUT2D eigenvalue weighted by molar-refractivity contribution is -0.383. The monoisotopic (exact) mass is 284 g/mol. The molecule has 0 saturated carbocycles. The summed E-state index contributed by atoms with van der Waals surface area (Å²) in [5.41, 5.74) is 1.10. The summed E-state index contributed by atoms with van der Waals surface area (Å²) >= 11 is 0.